The van der Waals surface area contributed by atoms with E-state index < -0.39 is 27.8 Å². The number of hydrogen-bond donors (Lipinski definition) is 1. The van der Waals surface area contributed by atoms with Gasteiger partial charge >= 0.3 is 100 Å². The van der Waals surface area contributed by atoms with Crippen molar-refractivity contribution in [3.05, 3.63) is 29.8 Å². The Balaban J connectivity index is 2.72. The molecule has 90 valence electrons. The van der Waals surface area contributed by atoms with Crippen molar-refractivity contribution in [2.24, 2.45) is 0 Å². The fourth-order valence-corrected chi connectivity index (χ4v) is 1.75. The molecule has 1 aromatic carbocycles. The van der Waals surface area contributed by atoms with Gasteiger partial charge in [-0.3, -0.25) is 0 Å². The average Bonchev–Trinajstić information content (AvgIpc) is 2.16. The number of carbonyl (C=O) groups excluding carboxylic acids is 1. The molecule has 1 N–H and O–H groups in total. The summed E-state index contributed by atoms with van der Waals surface area (Å²) in [7, 11) is 0. The number of ether oxygens (including phenoxy) is 1. The van der Waals surface area contributed by atoms with Gasteiger partial charge in [0.25, 0.3) is 0 Å². The molecule has 0 bridgehead atoms. The zero-order valence-electron chi connectivity index (χ0n) is 8.14. The predicted molar refractivity (Wildman–Crippen MR) is 46.5 cm³/mol. The summed E-state index contributed by atoms with van der Waals surface area (Å²) in [5.74, 6) is -0.621. The molecule has 1 rings (SSSR count). The van der Waals surface area contributed by atoms with E-state index in [4.69, 9.17) is 0 Å². The summed E-state index contributed by atoms with van der Waals surface area (Å²) in [6.07, 6.45) is -4.71. The molecule has 0 aliphatic rings. The minimum atomic E-state index is -4.71. The summed E-state index contributed by atoms with van der Waals surface area (Å²) in [6, 6.07) is 4.79. The van der Waals surface area contributed by atoms with Gasteiger partial charge in [-0.1, -0.05) is 0 Å². The molecule has 16 heavy (non-hydrogen) atoms. The molecule has 0 aromatic heterocycles. The van der Waals surface area contributed by atoms with Crippen molar-refractivity contribution in [2.45, 2.75) is 6.36 Å². The fraction of sp³-hybridized carbons (Fsp3) is 0.222. The predicted octanol–water partition coefficient (Wildman–Crippen LogP) is -1.05. The van der Waals surface area contributed by atoms with Gasteiger partial charge in [-0.05, 0) is 0 Å². The van der Waals surface area contributed by atoms with E-state index in [9.17, 15) is 18.0 Å². The molecule has 0 heterocycles. The van der Waals surface area contributed by atoms with Gasteiger partial charge in [0.15, 0.2) is 0 Å². The van der Waals surface area contributed by atoms with Crippen molar-refractivity contribution in [1.29, 1.82) is 0 Å². The second-order valence-electron chi connectivity index (χ2n) is 2.68. The molecule has 0 atom stereocenters. The molecule has 0 saturated heterocycles. The second-order valence-corrected chi connectivity index (χ2v) is 4.30. The molecule has 1 aromatic rings. The van der Waals surface area contributed by atoms with Crippen LogP contribution in [0.5, 0.6) is 5.75 Å². The molecule has 0 aliphatic carbocycles. The van der Waals surface area contributed by atoms with Gasteiger partial charge in [0, 0.05) is 0 Å². The minimum absolute atomic E-state index is 0.283. The van der Waals surface area contributed by atoms with E-state index >= 15 is 0 Å². The molecule has 7 heteroatoms. The fourth-order valence-electron chi connectivity index (χ4n) is 0.948. The van der Waals surface area contributed by atoms with Crippen LogP contribution in [0, 0.1) is 0 Å². The summed E-state index contributed by atoms with van der Waals surface area (Å²) in [5, 5.41) is 0. The van der Waals surface area contributed by atoms with Crippen LogP contribution in [0.3, 0.4) is 0 Å². The van der Waals surface area contributed by atoms with Crippen LogP contribution in [-0.4, -0.2) is 17.2 Å². The molecule has 0 aliphatic heterocycles. The molecule has 0 unspecified atom stereocenters. The first-order valence-electron chi connectivity index (χ1n) is 4.07. The molecular weight excluding hydrogens is 338 g/mol. The number of carbonyl (C=O) groups is 1. The summed E-state index contributed by atoms with van der Waals surface area (Å²) in [5.41, 5.74) is 0.316. The second kappa shape index (κ2) is 5.37. The van der Waals surface area contributed by atoms with Gasteiger partial charge in [-0.25, -0.2) is 0 Å². The Kier molecular flexibility index (Phi) is 4.39. The Morgan fingerprint density at radius 1 is 1.31 bits per heavy atom. The van der Waals surface area contributed by atoms with Gasteiger partial charge in [0.1, 0.15) is 0 Å². The SMILES string of the molecule is C[I-]NC(=O)c1ccc(OC(F)(F)F)cc1. The third-order valence-electron chi connectivity index (χ3n) is 1.53. The topological polar surface area (TPSA) is 38.3 Å². The number of hydrogen-bond acceptors (Lipinski definition) is 2. The van der Waals surface area contributed by atoms with E-state index in [-0.39, 0.29) is 11.7 Å². The van der Waals surface area contributed by atoms with Crippen LogP contribution in [-0.2, 0) is 0 Å². The molecule has 0 fully saturated rings. The molecule has 1 amide bonds. The van der Waals surface area contributed by atoms with E-state index in [1.54, 1.807) is 0 Å². The molecule has 0 radical (unpaired) electrons. The Bertz CT molecular complexity index is 364. The number of alkyl halides is 4. The van der Waals surface area contributed by atoms with Gasteiger partial charge in [-0.15, -0.1) is 0 Å². The van der Waals surface area contributed by atoms with Crippen LogP contribution in [0.15, 0.2) is 24.3 Å². The maximum atomic E-state index is 11.8. The van der Waals surface area contributed by atoms with Crippen molar-refractivity contribution in [1.82, 2.24) is 3.53 Å². The Hall–Kier alpha value is -0.990. The Morgan fingerprint density at radius 2 is 1.88 bits per heavy atom. The number of halogens is 4. The molecule has 0 saturated carbocycles. The standard InChI is InChI=1S/C9H8F3INO2/c1-13-14-8(15)6-2-4-7(5-3-6)16-9(10,11)12/h2-5H,1H3,(H,14,15)/q-1. The Morgan fingerprint density at radius 3 is 2.31 bits per heavy atom. The summed E-state index contributed by atoms with van der Waals surface area (Å²) in [6.45, 7) is 0. The van der Waals surface area contributed by atoms with Crippen molar-refractivity contribution in [2.75, 3.05) is 4.93 Å². The summed E-state index contributed by atoms with van der Waals surface area (Å²) >= 11 is -0.400. The van der Waals surface area contributed by atoms with Gasteiger partial charge < -0.3 is 0 Å². The first kappa shape index (κ1) is 13.1. The number of nitrogens with one attached hydrogen (secondary N) is 1. The quantitative estimate of drug-likeness (QED) is 0.431. The number of rotatable bonds is 3. The van der Waals surface area contributed by atoms with E-state index in [1.807, 2.05) is 4.93 Å². The van der Waals surface area contributed by atoms with E-state index in [1.165, 1.54) is 12.1 Å². The maximum absolute atomic E-state index is 11.8. The van der Waals surface area contributed by atoms with Crippen LogP contribution in [0.4, 0.5) is 13.2 Å². The third kappa shape index (κ3) is 4.25. The van der Waals surface area contributed by atoms with Crippen molar-refractivity contribution < 1.29 is 44.2 Å². The third-order valence-corrected chi connectivity index (χ3v) is 2.56. The molecule has 0 spiro atoms. The van der Waals surface area contributed by atoms with Gasteiger partial charge in [0.05, 0.1) is 0 Å². The van der Waals surface area contributed by atoms with Gasteiger partial charge in [-0.2, -0.15) is 0 Å². The van der Waals surface area contributed by atoms with Crippen molar-refractivity contribution in [3.63, 3.8) is 0 Å². The van der Waals surface area contributed by atoms with Crippen LogP contribution in [0.2, 0.25) is 0 Å². The average molecular weight is 346 g/mol. The summed E-state index contributed by atoms with van der Waals surface area (Å²) in [4.78, 5) is 13.2. The molecule has 3 nitrogen and oxygen atoms in total. The van der Waals surface area contributed by atoms with E-state index in [2.05, 4.69) is 8.27 Å². The first-order valence-corrected chi connectivity index (χ1v) is 7.30. The van der Waals surface area contributed by atoms with Crippen LogP contribution >= 0.6 is 0 Å². The van der Waals surface area contributed by atoms with E-state index in [0.29, 0.717) is 5.56 Å². The van der Waals surface area contributed by atoms with Crippen LogP contribution < -0.4 is 29.7 Å². The van der Waals surface area contributed by atoms with E-state index in [0.717, 1.165) is 12.1 Å². The van der Waals surface area contributed by atoms with Crippen LogP contribution in [0.25, 0.3) is 0 Å². The zero-order chi connectivity index (χ0) is 12.2. The summed E-state index contributed by atoms with van der Waals surface area (Å²) < 4.78 is 41.8. The first-order chi connectivity index (χ1) is 7.42. The van der Waals surface area contributed by atoms with Crippen molar-refractivity contribution in [3.8, 4) is 5.75 Å². The van der Waals surface area contributed by atoms with Gasteiger partial charge in [0.2, 0.25) is 0 Å². The zero-order valence-corrected chi connectivity index (χ0v) is 10.3. The normalized spacial score (nSPS) is 11.2. The Labute approximate surface area is 101 Å². The van der Waals surface area contributed by atoms with Crippen LogP contribution in [0.1, 0.15) is 10.4 Å². The van der Waals surface area contributed by atoms with Crippen molar-refractivity contribution >= 4 is 5.91 Å². The molecular formula is C9H8F3INO2-. The number of benzene rings is 1. The number of amides is 1. The monoisotopic (exact) mass is 346 g/mol.